The van der Waals surface area contributed by atoms with Gasteiger partial charge in [-0.1, -0.05) is 0 Å². The second-order valence-electron chi connectivity index (χ2n) is 2.50. The quantitative estimate of drug-likeness (QED) is 0.670. The fourth-order valence-corrected chi connectivity index (χ4v) is 1.16. The minimum Gasteiger partial charge on any atom is -0.504 e. The molecule has 0 saturated heterocycles. The second kappa shape index (κ2) is 2.44. The molecule has 0 amide bonds. The summed E-state index contributed by atoms with van der Waals surface area (Å²) in [4.78, 5) is 2.94. The number of hydrogen-bond donors (Lipinski definition) is 2. The largest absolute Gasteiger partial charge is 0.504 e. The molecular weight excluding hydrogens is 154 g/mol. The SMILES string of the molecule is COc1cc2[c]c[nH]c2cc1O. The van der Waals surface area contributed by atoms with Gasteiger partial charge in [-0.05, 0) is 6.07 Å². The summed E-state index contributed by atoms with van der Waals surface area (Å²) in [5.41, 5.74) is 0.855. The Morgan fingerprint density at radius 2 is 2.33 bits per heavy atom. The Kier molecular flexibility index (Phi) is 1.43. The minimum atomic E-state index is 0.140. The van der Waals surface area contributed by atoms with Crippen LogP contribution >= 0.6 is 0 Å². The number of aromatic nitrogens is 1. The first-order valence-electron chi connectivity index (χ1n) is 3.57. The Labute approximate surface area is 69.6 Å². The van der Waals surface area contributed by atoms with Crippen molar-refractivity contribution in [2.75, 3.05) is 7.11 Å². The molecule has 0 saturated carbocycles. The predicted octanol–water partition coefficient (Wildman–Crippen LogP) is 1.68. The number of methoxy groups -OCH3 is 1. The van der Waals surface area contributed by atoms with Crippen LogP contribution < -0.4 is 4.74 Å². The van der Waals surface area contributed by atoms with Crippen molar-refractivity contribution < 1.29 is 9.84 Å². The van der Waals surface area contributed by atoms with Crippen molar-refractivity contribution in [1.82, 2.24) is 4.98 Å². The van der Waals surface area contributed by atoms with E-state index < -0.39 is 0 Å². The summed E-state index contributed by atoms with van der Waals surface area (Å²) in [6.45, 7) is 0. The molecule has 2 N–H and O–H groups in total. The van der Waals surface area contributed by atoms with Crippen LogP contribution in [0, 0.1) is 6.07 Å². The zero-order valence-electron chi connectivity index (χ0n) is 6.59. The molecule has 0 unspecified atom stereocenters. The molecule has 0 spiro atoms. The number of rotatable bonds is 1. The average Bonchev–Trinajstić information content (AvgIpc) is 2.49. The van der Waals surface area contributed by atoms with Crippen LogP contribution in [0.4, 0.5) is 0 Å². The van der Waals surface area contributed by atoms with Crippen molar-refractivity contribution in [2.45, 2.75) is 0 Å². The van der Waals surface area contributed by atoms with Crippen molar-refractivity contribution in [3.63, 3.8) is 0 Å². The third kappa shape index (κ3) is 0.906. The van der Waals surface area contributed by atoms with E-state index >= 15 is 0 Å². The van der Waals surface area contributed by atoms with Crippen LogP contribution in [-0.2, 0) is 0 Å². The van der Waals surface area contributed by atoms with E-state index in [1.807, 2.05) is 0 Å². The molecule has 0 atom stereocenters. The monoisotopic (exact) mass is 162 g/mol. The Morgan fingerprint density at radius 1 is 1.50 bits per heavy atom. The molecule has 2 aromatic rings. The number of phenolic OH excluding ortho intramolecular Hbond substituents is 1. The number of aromatic hydroxyl groups is 1. The molecule has 0 aliphatic carbocycles. The lowest BCUT2D eigenvalue weighted by atomic mass is 10.2. The fraction of sp³-hybridized carbons (Fsp3) is 0.111. The van der Waals surface area contributed by atoms with Crippen LogP contribution in [0.15, 0.2) is 18.3 Å². The van der Waals surface area contributed by atoms with Gasteiger partial charge in [0.25, 0.3) is 0 Å². The van der Waals surface area contributed by atoms with E-state index in [-0.39, 0.29) is 5.75 Å². The van der Waals surface area contributed by atoms with Crippen molar-refractivity contribution in [3.8, 4) is 11.5 Å². The van der Waals surface area contributed by atoms with Crippen molar-refractivity contribution in [1.29, 1.82) is 0 Å². The van der Waals surface area contributed by atoms with Gasteiger partial charge < -0.3 is 14.8 Å². The Morgan fingerprint density at radius 3 is 3.08 bits per heavy atom. The van der Waals surface area contributed by atoms with Gasteiger partial charge in [0.15, 0.2) is 11.5 Å². The molecule has 0 aliphatic rings. The van der Waals surface area contributed by atoms with Gasteiger partial charge in [-0.15, -0.1) is 0 Å². The lowest BCUT2D eigenvalue weighted by Gasteiger charge is -2.01. The van der Waals surface area contributed by atoms with Crippen LogP contribution in [0.1, 0.15) is 0 Å². The highest BCUT2D eigenvalue weighted by Gasteiger charge is 2.03. The molecule has 12 heavy (non-hydrogen) atoms. The number of benzene rings is 1. The van der Waals surface area contributed by atoms with E-state index in [0.29, 0.717) is 5.75 Å². The number of hydrogen-bond acceptors (Lipinski definition) is 2. The van der Waals surface area contributed by atoms with E-state index in [9.17, 15) is 5.11 Å². The summed E-state index contributed by atoms with van der Waals surface area (Å²) in [5, 5.41) is 10.3. The van der Waals surface area contributed by atoms with Gasteiger partial charge in [-0.3, -0.25) is 0 Å². The molecule has 1 aromatic carbocycles. The van der Waals surface area contributed by atoms with Gasteiger partial charge in [0.1, 0.15) is 0 Å². The minimum absolute atomic E-state index is 0.140. The maximum atomic E-state index is 9.37. The van der Waals surface area contributed by atoms with Crippen LogP contribution in [0.5, 0.6) is 11.5 Å². The van der Waals surface area contributed by atoms with Crippen LogP contribution in [0.3, 0.4) is 0 Å². The van der Waals surface area contributed by atoms with Crippen molar-refractivity contribution in [3.05, 3.63) is 24.4 Å². The summed E-state index contributed by atoms with van der Waals surface area (Å²) in [6.07, 6.45) is 1.70. The van der Waals surface area contributed by atoms with E-state index in [0.717, 1.165) is 10.9 Å². The fourth-order valence-electron chi connectivity index (χ4n) is 1.16. The predicted molar refractivity (Wildman–Crippen MR) is 45.4 cm³/mol. The number of ether oxygens (including phenoxy) is 1. The molecule has 1 heterocycles. The number of aromatic amines is 1. The number of phenols is 1. The van der Waals surface area contributed by atoms with E-state index in [1.165, 1.54) is 7.11 Å². The second-order valence-corrected chi connectivity index (χ2v) is 2.50. The highest BCUT2D eigenvalue weighted by Crippen LogP contribution is 2.29. The first-order valence-corrected chi connectivity index (χ1v) is 3.57. The Bertz CT molecular complexity index is 406. The molecule has 3 nitrogen and oxygen atoms in total. The van der Waals surface area contributed by atoms with Gasteiger partial charge in [0.05, 0.1) is 7.11 Å². The molecule has 2 rings (SSSR count). The van der Waals surface area contributed by atoms with Gasteiger partial charge in [0, 0.05) is 29.2 Å². The smallest absolute Gasteiger partial charge is 0.161 e. The van der Waals surface area contributed by atoms with Crippen molar-refractivity contribution >= 4 is 10.9 Å². The molecule has 1 radical (unpaired) electrons. The molecule has 3 heteroatoms. The van der Waals surface area contributed by atoms with Gasteiger partial charge in [-0.25, -0.2) is 0 Å². The van der Waals surface area contributed by atoms with Crippen molar-refractivity contribution in [2.24, 2.45) is 0 Å². The summed E-state index contributed by atoms with van der Waals surface area (Å²) >= 11 is 0. The topological polar surface area (TPSA) is 45.2 Å². The molecule has 0 fully saturated rings. The lowest BCUT2D eigenvalue weighted by molar-refractivity contribution is 0.374. The molecule has 0 bridgehead atoms. The van der Waals surface area contributed by atoms with Crippen LogP contribution in [0.2, 0.25) is 0 Å². The van der Waals surface area contributed by atoms with Gasteiger partial charge in [0.2, 0.25) is 0 Å². The third-order valence-electron chi connectivity index (χ3n) is 1.77. The molecular formula is C9H8NO2. The Hall–Kier alpha value is -1.64. The maximum absolute atomic E-state index is 9.37. The number of nitrogens with one attached hydrogen (secondary N) is 1. The number of fused-ring (bicyclic) bond motifs is 1. The third-order valence-corrected chi connectivity index (χ3v) is 1.77. The molecule has 1 aromatic heterocycles. The van der Waals surface area contributed by atoms with Gasteiger partial charge in [-0.2, -0.15) is 0 Å². The summed E-state index contributed by atoms with van der Waals surface area (Å²) in [5.74, 6) is 0.610. The maximum Gasteiger partial charge on any atom is 0.161 e. The first kappa shape index (κ1) is 7.03. The average molecular weight is 162 g/mol. The molecule has 0 aliphatic heterocycles. The normalized spacial score (nSPS) is 10.4. The summed E-state index contributed by atoms with van der Waals surface area (Å²) < 4.78 is 4.94. The molecule has 61 valence electrons. The summed E-state index contributed by atoms with van der Waals surface area (Å²) in [7, 11) is 1.52. The van der Waals surface area contributed by atoms with E-state index in [4.69, 9.17) is 4.74 Å². The Balaban J connectivity index is 2.73. The standard InChI is InChI=1S/C9H8NO2/c1-12-9-4-6-2-3-10-7(6)5-8(9)11/h3-5,10-11H,1H3. The van der Waals surface area contributed by atoms with E-state index in [2.05, 4.69) is 11.1 Å². The van der Waals surface area contributed by atoms with Crippen LogP contribution in [-0.4, -0.2) is 17.2 Å². The number of H-pyrrole nitrogens is 1. The zero-order valence-corrected chi connectivity index (χ0v) is 6.59. The highest BCUT2D eigenvalue weighted by molar-refractivity contribution is 5.82. The van der Waals surface area contributed by atoms with Gasteiger partial charge >= 0.3 is 0 Å². The highest BCUT2D eigenvalue weighted by atomic mass is 16.5. The van der Waals surface area contributed by atoms with Crippen LogP contribution in [0.25, 0.3) is 10.9 Å². The van der Waals surface area contributed by atoms with E-state index in [1.54, 1.807) is 18.3 Å². The zero-order chi connectivity index (χ0) is 8.55. The summed E-state index contributed by atoms with van der Waals surface area (Å²) in [6, 6.07) is 6.33. The lowest BCUT2D eigenvalue weighted by Crippen LogP contribution is -1.82. The first-order chi connectivity index (χ1) is 5.81.